The molecule has 134 valence electrons. The molecule has 0 bridgehead atoms. The van der Waals surface area contributed by atoms with Crippen molar-refractivity contribution < 1.29 is 0 Å². The van der Waals surface area contributed by atoms with E-state index in [4.69, 9.17) is 0 Å². The predicted molar refractivity (Wildman–Crippen MR) is 108 cm³/mol. The number of rotatable bonds is 5. The van der Waals surface area contributed by atoms with Crippen LogP contribution in [0.15, 0.2) is 30.3 Å². The summed E-state index contributed by atoms with van der Waals surface area (Å²) in [5.41, 5.74) is 4.55. The Bertz CT molecular complexity index is 518. The van der Waals surface area contributed by atoms with Gasteiger partial charge < -0.3 is 4.90 Å². The summed E-state index contributed by atoms with van der Waals surface area (Å²) in [6.45, 7) is 8.34. The minimum Gasteiger partial charge on any atom is -0.368 e. The Morgan fingerprint density at radius 2 is 1.75 bits per heavy atom. The lowest BCUT2D eigenvalue weighted by atomic mass is 9.98. The first-order chi connectivity index (χ1) is 11.4. The van der Waals surface area contributed by atoms with E-state index in [0.29, 0.717) is 0 Å². The zero-order valence-electron chi connectivity index (χ0n) is 15.2. The molecule has 1 aromatic carbocycles. The molecule has 0 saturated carbocycles. The topological polar surface area (TPSA) is 6.48 Å². The number of anilines is 1. The van der Waals surface area contributed by atoms with Crippen LogP contribution in [0.1, 0.15) is 57.4 Å². The maximum absolute atomic E-state index is 2.63. The summed E-state index contributed by atoms with van der Waals surface area (Å²) >= 11 is 0. The van der Waals surface area contributed by atoms with Crippen molar-refractivity contribution in [1.29, 1.82) is 0 Å². The molecule has 1 aliphatic heterocycles. The van der Waals surface area contributed by atoms with Gasteiger partial charge in [0.2, 0.25) is 0 Å². The lowest BCUT2D eigenvalue weighted by molar-refractivity contribution is 0.254. The number of hydrogen-bond donors (Lipinski definition) is 0. The molecule has 0 atom stereocenters. The lowest BCUT2D eigenvalue weighted by Gasteiger charge is -2.37. The third kappa shape index (κ3) is 5.00. The Morgan fingerprint density at radius 3 is 2.54 bits per heavy atom. The van der Waals surface area contributed by atoms with E-state index in [9.17, 15) is 0 Å². The van der Waals surface area contributed by atoms with Crippen LogP contribution in [0.4, 0.5) is 5.69 Å². The summed E-state index contributed by atoms with van der Waals surface area (Å²) < 4.78 is 0. The second kappa shape index (κ2) is 10.1. The molecule has 2 nitrogen and oxygen atoms in total. The first kappa shape index (κ1) is 19.3. The Kier molecular flexibility index (Phi) is 8.14. The summed E-state index contributed by atoms with van der Waals surface area (Å²) in [4.78, 5) is 5.25. The van der Waals surface area contributed by atoms with Gasteiger partial charge in [-0.1, -0.05) is 44.0 Å². The van der Waals surface area contributed by atoms with Crippen molar-refractivity contribution in [2.45, 2.75) is 51.9 Å². The second-order valence-corrected chi connectivity index (χ2v) is 7.03. The van der Waals surface area contributed by atoms with Crippen LogP contribution >= 0.6 is 12.4 Å². The highest BCUT2D eigenvalue weighted by molar-refractivity contribution is 5.85. The summed E-state index contributed by atoms with van der Waals surface area (Å²) in [6, 6.07) is 9.10. The van der Waals surface area contributed by atoms with Crippen LogP contribution in [-0.4, -0.2) is 37.6 Å². The highest BCUT2D eigenvalue weighted by Gasteiger charge is 2.20. The van der Waals surface area contributed by atoms with E-state index < -0.39 is 0 Å². The normalized spacial score (nSPS) is 19.4. The highest BCUT2D eigenvalue weighted by Crippen LogP contribution is 2.33. The highest BCUT2D eigenvalue weighted by atomic mass is 35.5. The Labute approximate surface area is 154 Å². The van der Waals surface area contributed by atoms with E-state index in [1.165, 1.54) is 88.9 Å². The van der Waals surface area contributed by atoms with Crippen LogP contribution in [0.3, 0.4) is 0 Å². The number of unbranched alkanes of at least 4 members (excludes halogenated alkanes) is 1. The van der Waals surface area contributed by atoms with Gasteiger partial charge in [-0.05, 0) is 50.3 Å². The molecule has 1 saturated heterocycles. The van der Waals surface area contributed by atoms with Crippen molar-refractivity contribution in [3.8, 4) is 0 Å². The minimum atomic E-state index is 0. The van der Waals surface area contributed by atoms with Crippen molar-refractivity contribution in [3.63, 3.8) is 0 Å². The summed E-state index contributed by atoms with van der Waals surface area (Å²) in [7, 11) is 0. The number of piperazine rings is 1. The molecular weight excluding hydrogens is 316 g/mol. The molecule has 1 heterocycles. The van der Waals surface area contributed by atoms with Gasteiger partial charge in [0.15, 0.2) is 0 Å². The van der Waals surface area contributed by atoms with Crippen molar-refractivity contribution in [2.75, 3.05) is 37.6 Å². The molecule has 0 N–H and O–H groups in total. The molecule has 3 heteroatoms. The van der Waals surface area contributed by atoms with Gasteiger partial charge in [-0.15, -0.1) is 12.4 Å². The number of allylic oxidation sites excluding steroid dienone is 2. The van der Waals surface area contributed by atoms with E-state index in [1.807, 2.05) is 0 Å². The number of benzene rings is 1. The molecule has 0 amide bonds. The average Bonchev–Trinajstić information content (AvgIpc) is 2.90. The molecule has 0 aromatic heterocycles. The Balaban J connectivity index is 0.00000208. The van der Waals surface area contributed by atoms with E-state index in [1.54, 1.807) is 5.57 Å². The average molecular weight is 349 g/mol. The zero-order chi connectivity index (χ0) is 15.9. The number of hydrogen-bond acceptors (Lipinski definition) is 2. The van der Waals surface area contributed by atoms with E-state index in [0.717, 1.165) is 0 Å². The molecule has 0 radical (unpaired) electrons. The van der Waals surface area contributed by atoms with Crippen LogP contribution in [0.25, 0.3) is 5.57 Å². The minimum absolute atomic E-state index is 0. The third-order valence-electron chi connectivity index (χ3n) is 5.33. The number of nitrogens with zero attached hydrogens (tertiary/aromatic N) is 2. The fourth-order valence-electron chi connectivity index (χ4n) is 3.87. The molecule has 1 aliphatic carbocycles. The molecule has 2 aliphatic rings. The molecular formula is C21H33ClN2. The van der Waals surface area contributed by atoms with Crippen LogP contribution < -0.4 is 4.90 Å². The van der Waals surface area contributed by atoms with Crippen molar-refractivity contribution >= 4 is 23.7 Å². The smallest absolute Gasteiger partial charge is 0.0443 e. The first-order valence-electron chi connectivity index (χ1n) is 9.64. The molecule has 0 unspecified atom stereocenters. The molecule has 3 rings (SSSR count). The van der Waals surface area contributed by atoms with Crippen LogP contribution in [0.5, 0.6) is 0 Å². The number of para-hydroxylation sites is 1. The van der Waals surface area contributed by atoms with Gasteiger partial charge in [-0.2, -0.15) is 0 Å². The van der Waals surface area contributed by atoms with E-state index in [-0.39, 0.29) is 12.4 Å². The van der Waals surface area contributed by atoms with E-state index in [2.05, 4.69) is 47.1 Å². The van der Waals surface area contributed by atoms with Crippen molar-refractivity contribution in [1.82, 2.24) is 4.90 Å². The van der Waals surface area contributed by atoms with Gasteiger partial charge in [0, 0.05) is 37.4 Å². The maximum atomic E-state index is 2.63. The summed E-state index contributed by atoms with van der Waals surface area (Å²) in [5, 5.41) is 0. The predicted octanol–water partition coefficient (Wildman–Crippen LogP) is 5.38. The molecule has 0 spiro atoms. The standard InChI is InChI=1S/C21H32N2.ClH/c1-2-3-14-22-15-17-23(18-16-22)21-13-9-8-12-20(21)19-10-6-4-5-7-11-19;/h8-10,12-13H,2-7,11,14-18H2,1H3;1H. The van der Waals surface area contributed by atoms with Crippen molar-refractivity contribution in [3.05, 3.63) is 35.9 Å². The van der Waals surface area contributed by atoms with Gasteiger partial charge in [-0.3, -0.25) is 4.90 Å². The first-order valence-corrected chi connectivity index (χ1v) is 9.64. The van der Waals surface area contributed by atoms with Crippen LogP contribution in [-0.2, 0) is 0 Å². The maximum Gasteiger partial charge on any atom is 0.0443 e. The second-order valence-electron chi connectivity index (χ2n) is 7.03. The zero-order valence-corrected chi connectivity index (χ0v) is 16.0. The largest absolute Gasteiger partial charge is 0.368 e. The fraction of sp³-hybridized carbons (Fsp3) is 0.619. The Morgan fingerprint density at radius 1 is 0.958 bits per heavy atom. The van der Waals surface area contributed by atoms with Crippen LogP contribution in [0.2, 0.25) is 0 Å². The van der Waals surface area contributed by atoms with Gasteiger partial charge in [0.1, 0.15) is 0 Å². The molecule has 1 aromatic rings. The Hall–Kier alpha value is -0.990. The fourth-order valence-corrected chi connectivity index (χ4v) is 3.87. The summed E-state index contributed by atoms with van der Waals surface area (Å²) in [5.74, 6) is 0. The lowest BCUT2D eigenvalue weighted by Crippen LogP contribution is -2.46. The monoisotopic (exact) mass is 348 g/mol. The number of halogens is 1. The van der Waals surface area contributed by atoms with Gasteiger partial charge in [-0.25, -0.2) is 0 Å². The van der Waals surface area contributed by atoms with Gasteiger partial charge in [0.05, 0.1) is 0 Å². The van der Waals surface area contributed by atoms with E-state index >= 15 is 0 Å². The summed E-state index contributed by atoms with van der Waals surface area (Å²) in [6.07, 6.45) is 11.8. The molecule has 24 heavy (non-hydrogen) atoms. The quantitative estimate of drug-likeness (QED) is 0.705. The molecule has 1 fully saturated rings. The SMILES string of the molecule is CCCCN1CCN(c2ccccc2C2=CCCCCC2)CC1.Cl. The van der Waals surface area contributed by atoms with Gasteiger partial charge in [0.25, 0.3) is 0 Å². The van der Waals surface area contributed by atoms with Crippen molar-refractivity contribution in [2.24, 2.45) is 0 Å². The third-order valence-corrected chi connectivity index (χ3v) is 5.33. The van der Waals surface area contributed by atoms with Gasteiger partial charge >= 0.3 is 0 Å². The van der Waals surface area contributed by atoms with Crippen LogP contribution in [0, 0.1) is 0 Å².